The van der Waals surface area contributed by atoms with E-state index in [0.717, 1.165) is 0 Å². The van der Waals surface area contributed by atoms with Crippen molar-refractivity contribution < 1.29 is 14.6 Å². The molecule has 0 aliphatic carbocycles. The molecule has 0 spiro atoms. The first-order valence-electron chi connectivity index (χ1n) is 4.98. The van der Waals surface area contributed by atoms with E-state index in [1.807, 2.05) is 13.8 Å². The van der Waals surface area contributed by atoms with Crippen molar-refractivity contribution in [2.24, 2.45) is 0 Å². The minimum absolute atomic E-state index is 0.0136. The Labute approximate surface area is 93.7 Å². The Morgan fingerprint density at radius 3 is 2.75 bits per heavy atom. The molecule has 1 atom stereocenters. The monoisotopic (exact) mass is 225 g/mol. The maximum atomic E-state index is 10.6. The molecular formula is C10H15N3O3. The highest BCUT2D eigenvalue weighted by atomic mass is 16.5. The van der Waals surface area contributed by atoms with Crippen LogP contribution in [0.25, 0.3) is 0 Å². The molecule has 6 heteroatoms. The third-order valence-corrected chi connectivity index (χ3v) is 1.70. The highest BCUT2D eigenvalue weighted by molar-refractivity contribution is 5.75. The third-order valence-electron chi connectivity index (χ3n) is 1.70. The van der Waals surface area contributed by atoms with Crippen LogP contribution in [-0.4, -0.2) is 33.2 Å². The molecule has 0 bridgehead atoms. The summed E-state index contributed by atoms with van der Waals surface area (Å²) in [5.41, 5.74) is 0. The van der Waals surface area contributed by atoms with Crippen LogP contribution < -0.4 is 10.1 Å². The van der Waals surface area contributed by atoms with Gasteiger partial charge in [0.15, 0.2) is 0 Å². The molecule has 0 fully saturated rings. The average Bonchev–Trinajstić information content (AvgIpc) is 2.16. The van der Waals surface area contributed by atoms with Crippen molar-refractivity contribution in [3.63, 3.8) is 0 Å². The van der Waals surface area contributed by atoms with Crippen molar-refractivity contribution in [2.75, 3.05) is 5.32 Å². The van der Waals surface area contributed by atoms with Crippen molar-refractivity contribution in [3.8, 4) is 5.88 Å². The Morgan fingerprint density at radius 1 is 1.50 bits per heavy atom. The zero-order valence-corrected chi connectivity index (χ0v) is 9.47. The maximum absolute atomic E-state index is 10.6. The van der Waals surface area contributed by atoms with Gasteiger partial charge in [0.1, 0.15) is 6.04 Å². The summed E-state index contributed by atoms with van der Waals surface area (Å²) >= 11 is 0. The molecule has 0 radical (unpaired) electrons. The molecule has 0 saturated carbocycles. The van der Waals surface area contributed by atoms with Gasteiger partial charge in [0, 0.05) is 12.3 Å². The van der Waals surface area contributed by atoms with Crippen LogP contribution in [0.5, 0.6) is 5.88 Å². The van der Waals surface area contributed by atoms with Crippen molar-refractivity contribution in [1.82, 2.24) is 9.97 Å². The lowest BCUT2D eigenvalue weighted by atomic mass is 10.3. The van der Waals surface area contributed by atoms with E-state index in [1.165, 1.54) is 13.1 Å². The number of carbonyl (C=O) groups is 1. The zero-order valence-electron chi connectivity index (χ0n) is 9.47. The molecule has 1 unspecified atom stereocenters. The van der Waals surface area contributed by atoms with Crippen LogP contribution in [-0.2, 0) is 4.79 Å². The van der Waals surface area contributed by atoms with Gasteiger partial charge < -0.3 is 15.2 Å². The standard InChI is InChI=1S/C10H15N3O3/c1-6(2)16-8-4-5-11-10(13-8)12-7(3)9(14)15/h4-7H,1-3H3,(H,14,15)(H,11,12,13). The molecule has 0 aliphatic rings. The first kappa shape index (κ1) is 12.2. The van der Waals surface area contributed by atoms with Crippen molar-refractivity contribution in [2.45, 2.75) is 32.9 Å². The van der Waals surface area contributed by atoms with Crippen LogP contribution in [0.3, 0.4) is 0 Å². The average molecular weight is 225 g/mol. The number of carboxylic acid groups (broad SMARTS) is 1. The summed E-state index contributed by atoms with van der Waals surface area (Å²) in [6, 6.07) is 0.880. The molecule has 6 nitrogen and oxygen atoms in total. The van der Waals surface area contributed by atoms with E-state index in [-0.39, 0.29) is 12.1 Å². The minimum Gasteiger partial charge on any atom is -0.480 e. The summed E-state index contributed by atoms with van der Waals surface area (Å²) in [4.78, 5) is 18.5. The molecule has 16 heavy (non-hydrogen) atoms. The topological polar surface area (TPSA) is 84.3 Å². The van der Waals surface area contributed by atoms with Crippen LogP contribution in [0.4, 0.5) is 5.95 Å². The van der Waals surface area contributed by atoms with Gasteiger partial charge in [0.2, 0.25) is 11.8 Å². The van der Waals surface area contributed by atoms with Gasteiger partial charge >= 0.3 is 5.97 Å². The summed E-state index contributed by atoms with van der Waals surface area (Å²) in [6.45, 7) is 5.28. The van der Waals surface area contributed by atoms with E-state index in [1.54, 1.807) is 6.07 Å². The fourth-order valence-electron chi connectivity index (χ4n) is 0.974. The van der Waals surface area contributed by atoms with E-state index in [2.05, 4.69) is 15.3 Å². The number of carboxylic acids is 1. The van der Waals surface area contributed by atoms with Crippen molar-refractivity contribution >= 4 is 11.9 Å². The molecule has 1 heterocycles. The molecule has 0 aliphatic heterocycles. The predicted octanol–water partition coefficient (Wildman–Crippen LogP) is 1.15. The van der Waals surface area contributed by atoms with Crippen molar-refractivity contribution in [1.29, 1.82) is 0 Å². The second-order valence-electron chi connectivity index (χ2n) is 3.59. The molecule has 2 N–H and O–H groups in total. The lowest BCUT2D eigenvalue weighted by molar-refractivity contribution is -0.137. The lowest BCUT2D eigenvalue weighted by Crippen LogP contribution is -2.26. The molecular weight excluding hydrogens is 210 g/mol. The number of ether oxygens (including phenoxy) is 1. The second-order valence-corrected chi connectivity index (χ2v) is 3.59. The largest absolute Gasteiger partial charge is 0.480 e. The van der Waals surface area contributed by atoms with Crippen LogP contribution in [0.1, 0.15) is 20.8 Å². The molecule has 1 rings (SSSR count). The van der Waals surface area contributed by atoms with Gasteiger partial charge in [-0.25, -0.2) is 4.98 Å². The van der Waals surface area contributed by atoms with Crippen LogP contribution in [0.15, 0.2) is 12.3 Å². The smallest absolute Gasteiger partial charge is 0.325 e. The first-order chi connectivity index (χ1) is 7.49. The predicted molar refractivity (Wildman–Crippen MR) is 58.5 cm³/mol. The fraction of sp³-hybridized carbons (Fsp3) is 0.500. The Morgan fingerprint density at radius 2 is 2.19 bits per heavy atom. The van der Waals surface area contributed by atoms with Gasteiger partial charge in [-0.2, -0.15) is 4.98 Å². The fourth-order valence-corrected chi connectivity index (χ4v) is 0.974. The second kappa shape index (κ2) is 5.29. The summed E-state index contributed by atoms with van der Waals surface area (Å²) in [5.74, 6) is -0.295. The summed E-state index contributed by atoms with van der Waals surface area (Å²) in [7, 11) is 0. The van der Waals surface area contributed by atoms with Crippen LogP contribution >= 0.6 is 0 Å². The normalized spacial score (nSPS) is 12.2. The first-order valence-corrected chi connectivity index (χ1v) is 4.98. The Balaban J connectivity index is 2.70. The number of hydrogen-bond donors (Lipinski definition) is 2. The molecule has 0 aromatic carbocycles. The SMILES string of the molecule is CC(C)Oc1ccnc(NC(C)C(=O)O)n1. The Kier molecular flexibility index (Phi) is 4.04. The number of anilines is 1. The van der Waals surface area contributed by atoms with Gasteiger partial charge in [-0.15, -0.1) is 0 Å². The van der Waals surface area contributed by atoms with E-state index >= 15 is 0 Å². The van der Waals surface area contributed by atoms with Crippen LogP contribution in [0.2, 0.25) is 0 Å². The highest BCUT2D eigenvalue weighted by Gasteiger charge is 2.12. The highest BCUT2D eigenvalue weighted by Crippen LogP contribution is 2.10. The number of hydrogen-bond acceptors (Lipinski definition) is 5. The van der Waals surface area contributed by atoms with Crippen molar-refractivity contribution in [3.05, 3.63) is 12.3 Å². The van der Waals surface area contributed by atoms with E-state index in [9.17, 15) is 4.79 Å². The van der Waals surface area contributed by atoms with Crippen LogP contribution in [0, 0.1) is 0 Å². The number of nitrogens with zero attached hydrogens (tertiary/aromatic N) is 2. The van der Waals surface area contributed by atoms with Gasteiger partial charge in [-0.05, 0) is 20.8 Å². The quantitative estimate of drug-likeness (QED) is 0.782. The Bertz CT molecular complexity index is 368. The molecule has 88 valence electrons. The number of aromatic nitrogens is 2. The molecule has 0 saturated heterocycles. The lowest BCUT2D eigenvalue weighted by Gasteiger charge is -2.11. The van der Waals surface area contributed by atoms with Gasteiger partial charge in [0.05, 0.1) is 6.10 Å². The number of aliphatic carboxylic acids is 1. The van der Waals surface area contributed by atoms with E-state index in [0.29, 0.717) is 5.88 Å². The van der Waals surface area contributed by atoms with Gasteiger partial charge in [-0.1, -0.05) is 0 Å². The number of rotatable bonds is 5. The molecule has 1 aromatic rings. The summed E-state index contributed by atoms with van der Waals surface area (Å²) < 4.78 is 5.36. The maximum Gasteiger partial charge on any atom is 0.325 e. The zero-order chi connectivity index (χ0) is 12.1. The van der Waals surface area contributed by atoms with Gasteiger partial charge in [0.25, 0.3) is 0 Å². The molecule has 0 amide bonds. The summed E-state index contributed by atoms with van der Waals surface area (Å²) in [6.07, 6.45) is 1.53. The number of nitrogens with one attached hydrogen (secondary N) is 1. The summed E-state index contributed by atoms with van der Waals surface area (Å²) in [5, 5.41) is 11.4. The third kappa shape index (κ3) is 3.72. The van der Waals surface area contributed by atoms with Gasteiger partial charge in [-0.3, -0.25) is 4.79 Å². The van der Waals surface area contributed by atoms with E-state index < -0.39 is 12.0 Å². The minimum atomic E-state index is -0.959. The van der Waals surface area contributed by atoms with E-state index in [4.69, 9.17) is 9.84 Å². The molecule has 1 aromatic heterocycles. The Hall–Kier alpha value is -1.85.